The fraction of sp³-hybridized carbons (Fsp3) is 0.652. The summed E-state index contributed by atoms with van der Waals surface area (Å²) in [6.07, 6.45) is 8.22. The van der Waals surface area contributed by atoms with Gasteiger partial charge in [0, 0.05) is 37.8 Å². The number of amides is 2. The van der Waals surface area contributed by atoms with Gasteiger partial charge in [-0.25, -0.2) is 0 Å². The van der Waals surface area contributed by atoms with E-state index in [0.29, 0.717) is 19.1 Å². The van der Waals surface area contributed by atoms with E-state index in [1.807, 2.05) is 36.1 Å². The standard InChI is InChI=1S/C23H35N3O2/c1-3-19-10-12-20(13-11-19)23(28)26-16-14-25(15-17-26)18(2)22(27)24-21-8-6-4-5-7-9-21/h10-13,18,21H,3-9,14-17H2,1-2H3,(H,24,27). The highest BCUT2D eigenvalue weighted by molar-refractivity contribution is 5.94. The van der Waals surface area contributed by atoms with Crippen LogP contribution in [-0.2, 0) is 11.2 Å². The van der Waals surface area contributed by atoms with Gasteiger partial charge in [0.05, 0.1) is 6.04 Å². The summed E-state index contributed by atoms with van der Waals surface area (Å²) in [6.45, 7) is 6.96. The van der Waals surface area contributed by atoms with E-state index >= 15 is 0 Å². The van der Waals surface area contributed by atoms with Crippen LogP contribution < -0.4 is 5.32 Å². The number of nitrogens with zero attached hydrogens (tertiary/aromatic N) is 2. The predicted octanol–water partition coefficient (Wildman–Crippen LogP) is 3.23. The second kappa shape index (κ2) is 10.1. The summed E-state index contributed by atoms with van der Waals surface area (Å²) in [5, 5.41) is 3.27. The average molecular weight is 386 g/mol. The van der Waals surface area contributed by atoms with E-state index in [-0.39, 0.29) is 17.9 Å². The van der Waals surface area contributed by atoms with Crippen molar-refractivity contribution in [3.05, 3.63) is 35.4 Å². The minimum Gasteiger partial charge on any atom is -0.352 e. The SMILES string of the molecule is CCc1ccc(C(=O)N2CCN(C(C)C(=O)NC3CCCCCC3)CC2)cc1. The molecule has 1 aromatic rings. The van der Waals surface area contributed by atoms with E-state index in [4.69, 9.17) is 0 Å². The number of piperazine rings is 1. The second-order valence-electron chi connectivity index (χ2n) is 8.25. The molecule has 28 heavy (non-hydrogen) atoms. The number of hydrogen-bond donors (Lipinski definition) is 1. The van der Waals surface area contributed by atoms with Crippen LogP contribution in [0, 0.1) is 0 Å². The molecule has 1 N–H and O–H groups in total. The Morgan fingerprint density at radius 3 is 2.18 bits per heavy atom. The highest BCUT2D eigenvalue weighted by atomic mass is 16.2. The molecule has 2 amide bonds. The highest BCUT2D eigenvalue weighted by Crippen LogP contribution is 2.18. The van der Waals surface area contributed by atoms with Gasteiger partial charge in [0.15, 0.2) is 0 Å². The van der Waals surface area contributed by atoms with Crippen LogP contribution >= 0.6 is 0 Å². The monoisotopic (exact) mass is 385 g/mol. The van der Waals surface area contributed by atoms with Crippen molar-refractivity contribution in [2.45, 2.75) is 70.9 Å². The lowest BCUT2D eigenvalue weighted by molar-refractivity contribution is -0.127. The smallest absolute Gasteiger partial charge is 0.253 e. The van der Waals surface area contributed by atoms with E-state index in [9.17, 15) is 9.59 Å². The van der Waals surface area contributed by atoms with Gasteiger partial charge in [-0.3, -0.25) is 14.5 Å². The van der Waals surface area contributed by atoms with Gasteiger partial charge in [-0.05, 0) is 43.9 Å². The van der Waals surface area contributed by atoms with Crippen molar-refractivity contribution in [3.8, 4) is 0 Å². The Kier molecular flexibility index (Phi) is 7.49. The summed E-state index contributed by atoms with van der Waals surface area (Å²) in [7, 11) is 0. The summed E-state index contributed by atoms with van der Waals surface area (Å²) >= 11 is 0. The van der Waals surface area contributed by atoms with Gasteiger partial charge >= 0.3 is 0 Å². The zero-order valence-corrected chi connectivity index (χ0v) is 17.5. The lowest BCUT2D eigenvalue weighted by atomic mass is 10.1. The Morgan fingerprint density at radius 2 is 1.61 bits per heavy atom. The van der Waals surface area contributed by atoms with Crippen molar-refractivity contribution >= 4 is 11.8 Å². The molecule has 0 bridgehead atoms. The first-order valence-corrected chi connectivity index (χ1v) is 11.0. The summed E-state index contributed by atoms with van der Waals surface area (Å²) in [6, 6.07) is 8.12. The molecule has 1 unspecified atom stereocenters. The van der Waals surface area contributed by atoms with Crippen LogP contribution in [0.5, 0.6) is 0 Å². The minimum atomic E-state index is -0.135. The van der Waals surface area contributed by atoms with Crippen molar-refractivity contribution in [1.29, 1.82) is 0 Å². The van der Waals surface area contributed by atoms with E-state index < -0.39 is 0 Å². The minimum absolute atomic E-state index is 0.0952. The van der Waals surface area contributed by atoms with Crippen molar-refractivity contribution in [2.75, 3.05) is 26.2 Å². The molecule has 154 valence electrons. The lowest BCUT2D eigenvalue weighted by Crippen LogP contribution is -2.55. The van der Waals surface area contributed by atoms with Gasteiger partial charge < -0.3 is 10.2 Å². The Morgan fingerprint density at radius 1 is 1.00 bits per heavy atom. The van der Waals surface area contributed by atoms with Crippen LogP contribution in [-0.4, -0.2) is 59.9 Å². The predicted molar refractivity (Wildman–Crippen MR) is 112 cm³/mol. The topological polar surface area (TPSA) is 52.7 Å². The van der Waals surface area contributed by atoms with Crippen LogP contribution in [0.15, 0.2) is 24.3 Å². The van der Waals surface area contributed by atoms with Gasteiger partial charge in [0.25, 0.3) is 5.91 Å². The van der Waals surface area contributed by atoms with E-state index in [0.717, 1.165) is 37.9 Å². The molecule has 0 radical (unpaired) electrons. The van der Waals surface area contributed by atoms with Crippen LogP contribution in [0.2, 0.25) is 0 Å². The molecule has 5 nitrogen and oxygen atoms in total. The maximum atomic E-state index is 12.7. The Balaban J connectivity index is 1.48. The normalized spacial score (nSPS) is 20.4. The van der Waals surface area contributed by atoms with Gasteiger partial charge in [-0.2, -0.15) is 0 Å². The molecular formula is C23H35N3O2. The molecule has 1 aliphatic heterocycles. The first kappa shape index (κ1) is 20.8. The summed E-state index contributed by atoms with van der Waals surface area (Å²) < 4.78 is 0. The largest absolute Gasteiger partial charge is 0.352 e. The van der Waals surface area contributed by atoms with Crippen molar-refractivity contribution in [2.24, 2.45) is 0 Å². The summed E-state index contributed by atoms with van der Waals surface area (Å²) in [4.78, 5) is 29.5. The first-order chi connectivity index (χ1) is 13.6. The number of rotatable bonds is 5. The van der Waals surface area contributed by atoms with E-state index in [1.54, 1.807) is 0 Å². The average Bonchev–Trinajstić information content (AvgIpc) is 3.01. The zero-order valence-electron chi connectivity index (χ0n) is 17.5. The van der Waals surface area contributed by atoms with Gasteiger partial charge in [0.2, 0.25) is 5.91 Å². The molecule has 1 saturated carbocycles. The van der Waals surface area contributed by atoms with E-state index in [1.165, 1.54) is 31.2 Å². The van der Waals surface area contributed by atoms with Crippen molar-refractivity contribution < 1.29 is 9.59 Å². The van der Waals surface area contributed by atoms with E-state index in [2.05, 4.69) is 17.1 Å². The zero-order chi connectivity index (χ0) is 19.9. The number of carbonyl (C=O) groups excluding carboxylic acids is 2. The molecule has 1 aliphatic carbocycles. The Labute approximate surface area is 169 Å². The molecule has 3 rings (SSSR count). The Bertz CT molecular complexity index is 642. The summed E-state index contributed by atoms with van der Waals surface area (Å²) in [5.41, 5.74) is 2.00. The number of hydrogen-bond acceptors (Lipinski definition) is 3. The second-order valence-corrected chi connectivity index (χ2v) is 8.25. The molecule has 2 fully saturated rings. The quantitative estimate of drug-likeness (QED) is 0.792. The molecule has 2 aliphatic rings. The molecule has 0 spiro atoms. The van der Waals surface area contributed by atoms with Crippen molar-refractivity contribution in [3.63, 3.8) is 0 Å². The lowest BCUT2D eigenvalue weighted by Gasteiger charge is -2.37. The first-order valence-electron chi connectivity index (χ1n) is 11.0. The third-order valence-electron chi connectivity index (χ3n) is 6.34. The molecule has 1 aromatic carbocycles. The fourth-order valence-corrected chi connectivity index (χ4v) is 4.29. The van der Waals surface area contributed by atoms with Gasteiger partial charge in [0.1, 0.15) is 0 Å². The molecule has 1 saturated heterocycles. The molecule has 5 heteroatoms. The van der Waals surface area contributed by atoms with Gasteiger partial charge in [-0.1, -0.05) is 44.7 Å². The number of carbonyl (C=O) groups is 2. The molecule has 1 atom stereocenters. The fourth-order valence-electron chi connectivity index (χ4n) is 4.29. The third kappa shape index (κ3) is 5.34. The van der Waals surface area contributed by atoms with Crippen LogP contribution in [0.4, 0.5) is 0 Å². The van der Waals surface area contributed by atoms with Crippen LogP contribution in [0.25, 0.3) is 0 Å². The highest BCUT2D eigenvalue weighted by Gasteiger charge is 2.29. The van der Waals surface area contributed by atoms with Crippen molar-refractivity contribution in [1.82, 2.24) is 15.1 Å². The van der Waals surface area contributed by atoms with Crippen LogP contribution in [0.3, 0.4) is 0 Å². The maximum Gasteiger partial charge on any atom is 0.253 e. The third-order valence-corrected chi connectivity index (χ3v) is 6.34. The number of benzene rings is 1. The molecule has 1 heterocycles. The number of aryl methyl sites for hydroxylation is 1. The Hall–Kier alpha value is -1.88. The summed E-state index contributed by atoms with van der Waals surface area (Å²) in [5.74, 6) is 0.236. The van der Waals surface area contributed by atoms with Gasteiger partial charge in [-0.15, -0.1) is 0 Å². The van der Waals surface area contributed by atoms with Crippen LogP contribution in [0.1, 0.15) is 68.3 Å². The number of nitrogens with one attached hydrogen (secondary N) is 1. The molecule has 0 aromatic heterocycles. The molecular weight excluding hydrogens is 350 g/mol. The maximum absolute atomic E-state index is 12.7.